The highest BCUT2D eigenvalue weighted by Gasteiger charge is 2.75. The number of nitriles is 2. The molecule has 9 nitrogen and oxygen atoms in total. The summed E-state index contributed by atoms with van der Waals surface area (Å²) < 4.78 is 0. The van der Waals surface area contributed by atoms with E-state index in [1.165, 1.54) is 36.4 Å². The Morgan fingerprint density at radius 1 is 0.824 bits per heavy atom. The maximum absolute atomic E-state index is 14.0. The summed E-state index contributed by atoms with van der Waals surface area (Å²) in [5.41, 5.74) is -4.16. The lowest BCUT2D eigenvalue weighted by Crippen LogP contribution is -2.63. The van der Waals surface area contributed by atoms with E-state index < -0.39 is 27.4 Å². The van der Waals surface area contributed by atoms with Crippen molar-refractivity contribution in [3.63, 3.8) is 0 Å². The number of carbonyl (C=O) groups excluding carboxylic acids is 2. The van der Waals surface area contributed by atoms with Crippen LogP contribution in [0.25, 0.3) is 0 Å². The number of hydrogen-bond acceptors (Lipinski definition) is 8. The van der Waals surface area contributed by atoms with Gasteiger partial charge in [-0.15, -0.1) is 0 Å². The Morgan fingerprint density at radius 2 is 1.35 bits per heavy atom. The third-order valence-corrected chi connectivity index (χ3v) is 6.18. The largest absolute Gasteiger partial charge is 0.291 e. The summed E-state index contributed by atoms with van der Waals surface area (Å²) >= 11 is 0. The van der Waals surface area contributed by atoms with Crippen LogP contribution in [-0.2, 0) is 0 Å². The summed E-state index contributed by atoms with van der Waals surface area (Å²) in [7, 11) is 0. The normalized spacial score (nSPS) is 17.1. The molecule has 0 amide bonds. The molecule has 0 unspecified atom stereocenters. The van der Waals surface area contributed by atoms with Gasteiger partial charge in [0.15, 0.2) is 0 Å². The van der Waals surface area contributed by atoms with Gasteiger partial charge in [-0.2, -0.15) is 15.6 Å². The number of rotatable bonds is 3. The highest BCUT2D eigenvalue weighted by Crippen LogP contribution is 2.53. The van der Waals surface area contributed by atoms with Gasteiger partial charge in [-0.05, 0) is 12.1 Å². The average molecular weight is 447 g/mol. The van der Waals surface area contributed by atoms with Gasteiger partial charge < -0.3 is 0 Å². The first kappa shape index (κ1) is 20.7. The maximum atomic E-state index is 14.0. The average Bonchev–Trinajstić information content (AvgIpc) is 3.31. The number of non-ortho nitro benzene ring substituents is 1. The number of nitrogens with zero attached hydrogens (tertiary/aromatic N) is 5. The first-order valence-electron chi connectivity index (χ1n) is 10.1. The summed E-state index contributed by atoms with van der Waals surface area (Å²) in [5, 5.41) is 37.5. The topological polar surface area (TPSA) is 140 Å². The lowest BCUT2D eigenvalue weighted by atomic mass is 9.64. The molecule has 2 aliphatic rings. The SMILES string of the molecule is N#CC1(C#N)C(c2ccccc2)=NN(c2ccc([N+](=O)[O-])cc2)C12C(=O)c1ccccc1C2=O. The van der Waals surface area contributed by atoms with Crippen LogP contribution in [0.2, 0.25) is 0 Å². The maximum Gasteiger partial charge on any atom is 0.269 e. The Balaban J connectivity index is 1.85. The third-order valence-electron chi connectivity index (χ3n) is 6.18. The van der Waals surface area contributed by atoms with Crippen LogP contribution in [0.3, 0.4) is 0 Å². The molecule has 162 valence electrons. The summed E-state index contributed by atoms with van der Waals surface area (Å²) in [6.07, 6.45) is 0. The van der Waals surface area contributed by atoms with Crippen molar-refractivity contribution in [3.8, 4) is 12.1 Å². The van der Waals surface area contributed by atoms with Crippen molar-refractivity contribution in [1.82, 2.24) is 0 Å². The van der Waals surface area contributed by atoms with Gasteiger partial charge in [-0.25, -0.2) is 5.01 Å². The van der Waals surface area contributed by atoms with Gasteiger partial charge in [0.05, 0.1) is 22.7 Å². The smallest absolute Gasteiger partial charge is 0.269 e. The Bertz CT molecular complexity index is 1450. The minimum Gasteiger partial charge on any atom is -0.291 e. The number of anilines is 1. The molecule has 0 atom stereocenters. The van der Waals surface area contributed by atoms with E-state index in [0.29, 0.717) is 5.56 Å². The lowest BCUT2D eigenvalue weighted by molar-refractivity contribution is -0.384. The molecule has 0 bridgehead atoms. The lowest BCUT2D eigenvalue weighted by Gasteiger charge is -2.36. The van der Waals surface area contributed by atoms with Crippen LogP contribution in [0.15, 0.2) is 84.0 Å². The number of carbonyl (C=O) groups is 2. The Hall–Kier alpha value is -5.15. The van der Waals surface area contributed by atoms with E-state index in [1.54, 1.807) is 42.5 Å². The highest BCUT2D eigenvalue weighted by atomic mass is 16.6. The molecule has 0 fully saturated rings. The van der Waals surface area contributed by atoms with Gasteiger partial charge in [0.2, 0.25) is 22.5 Å². The quantitative estimate of drug-likeness (QED) is 0.339. The van der Waals surface area contributed by atoms with Crippen LogP contribution >= 0.6 is 0 Å². The summed E-state index contributed by atoms with van der Waals surface area (Å²) in [6, 6.07) is 23.5. The summed E-state index contributed by atoms with van der Waals surface area (Å²) in [5.74, 6) is -1.46. The molecule has 1 aliphatic carbocycles. The molecule has 3 aromatic rings. The van der Waals surface area contributed by atoms with Gasteiger partial charge in [-0.1, -0.05) is 54.6 Å². The van der Waals surface area contributed by atoms with Crippen LogP contribution in [0.1, 0.15) is 26.3 Å². The predicted molar refractivity (Wildman–Crippen MR) is 120 cm³/mol. The number of benzene rings is 3. The van der Waals surface area contributed by atoms with Crippen molar-refractivity contribution in [1.29, 1.82) is 10.5 Å². The van der Waals surface area contributed by atoms with Crippen LogP contribution in [0.5, 0.6) is 0 Å². The second-order valence-electron chi connectivity index (χ2n) is 7.79. The minimum absolute atomic E-state index is 0.0500. The van der Waals surface area contributed by atoms with Gasteiger partial charge in [0.25, 0.3) is 5.69 Å². The van der Waals surface area contributed by atoms with E-state index in [1.807, 2.05) is 12.1 Å². The molecular weight excluding hydrogens is 434 g/mol. The second-order valence-corrected chi connectivity index (χ2v) is 7.79. The van der Waals surface area contributed by atoms with Crippen LogP contribution < -0.4 is 5.01 Å². The molecule has 1 spiro atoms. The molecule has 0 radical (unpaired) electrons. The van der Waals surface area contributed by atoms with Crippen molar-refractivity contribution in [3.05, 3.63) is 106 Å². The van der Waals surface area contributed by atoms with Crippen LogP contribution in [0, 0.1) is 38.2 Å². The summed E-state index contributed by atoms with van der Waals surface area (Å²) in [6.45, 7) is 0. The zero-order chi connectivity index (χ0) is 24.1. The Labute approximate surface area is 192 Å². The van der Waals surface area contributed by atoms with Gasteiger partial charge in [0, 0.05) is 28.8 Å². The molecule has 5 rings (SSSR count). The predicted octanol–water partition coefficient (Wildman–Crippen LogP) is 3.67. The molecule has 34 heavy (non-hydrogen) atoms. The number of nitro benzene ring substituents is 1. The fourth-order valence-corrected chi connectivity index (χ4v) is 4.62. The molecule has 3 aromatic carbocycles. The van der Waals surface area contributed by atoms with Gasteiger partial charge >= 0.3 is 0 Å². The van der Waals surface area contributed by atoms with Crippen LogP contribution in [0.4, 0.5) is 11.4 Å². The third kappa shape index (κ3) is 2.38. The zero-order valence-corrected chi connectivity index (χ0v) is 17.4. The molecule has 0 aromatic heterocycles. The van der Waals surface area contributed by atoms with E-state index in [9.17, 15) is 30.2 Å². The fraction of sp³-hybridized carbons (Fsp3) is 0.0800. The molecule has 0 saturated heterocycles. The first-order chi connectivity index (χ1) is 16.4. The molecule has 1 heterocycles. The number of hydrazone groups is 1. The van der Waals surface area contributed by atoms with Crippen molar-refractivity contribution in [2.45, 2.75) is 5.54 Å². The number of hydrogen-bond donors (Lipinski definition) is 0. The zero-order valence-electron chi connectivity index (χ0n) is 17.4. The second kappa shape index (κ2) is 7.19. The van der Waals surface area contributed by atoms with E-state index in [-0.39, 0.29) is 28.2 Å². The molecule has 0 N–H and O–H groups in total. The number of fused-ring (bicyclic) bond motifs is 1. The van der Waals surface area contributed by atoms with E-state index in [4.69, 9.17) is 0 Å². The molecule has 0 saturated carbocycles. The minimum atomic E-state index is -2.33. The fourth-order valence-electron chi connectivity index (χ4n) is 4.62. The van der Waals surface area contributed by atoms with E-state index in [2.05, 4.69) is 5.10 Å². The Morgan fingerprint density at radius 3 is 1.85 bits per heavy atom. The van der Waals surface area contributed by atoms with E-state index >= 15 is 0 Å². The number of ketones is 2. The number of Topliss-reactive ketones (excluding diaryl/α,β-unsaturated/α-hetero) is 2. The Kier molecular flexibility index (Phi) is 4.38. The number of nitro groups is 1. The molecule has 9 heteroatoms. The van der Waals surface area contributed by atoms with Gasteiger partial charge in [0.1, 0.15) is 5.71 Å². The highest BCUT2D eigenvalue weighted by molar-refractivity contribution is 6.39. The van der Waals surface area contributed by atoms with E-state index in [0.717, 1.165) is 5.01 Å². The monoisotopic (exact) mass is 447 g/mol. The van der Waals surface area contributed by atoms with Crippen molar-refractivity contribution < 1.29 is 14.5 Å². The van der Waals surface area contributed by atoms with Crippen molar-refractivity contribution in [2.24, 2.45) is 10.5 Å². The molecule has 1 aliphatic heterocycles. The molecular formula is C25H13N5O4. The summed E-state index contributed by atoms with van der Waals surface area (Å²) in [4.78, 5) is 38.5. The first-order valence-corrected chi connectivity index (χ1v) is 10.1. The standard InChI is InChI=1S/C25H13N5O4/c26-14-24(15-27)21(16-6-2-1-3-7-16)28-29(17-10-12-18(13-11-17)30(33)34)25(24)22(31)19-8-4-5-9-20(19)23(25)32/h1-13H. The van der Waals surface area contributed by atoms with Crippen molar-refractivity contribution in [2.75, 3.05) is 5.01 Å². The van der Waals surface area contributed by atoms with Crippen LogP contribution in [-0.4, -0.2) is 27.7 Å². The van der Waals surface area contributed by atoms with Crippen molar-refractivity contribution >= 4 is 28.7 Å². The van der Waals surface area contributed by atoms with Gasteiger partial charge in [-0.3, -0.25) is 19.7 Å².